The lowest BCUT2D eigenvalue weighted by Crippen LogP contribution is -2.43. The minimum absolute atomic E-state index is 0.137. The number of carbonyl (C=O) groups excluding carboxylic acids is 1. The van der Waals surface area contributed by atoms with Crippen LogP contribution in [0.1, 0.15) is 80.4 Å². The van der Waals surface area contributed by atoms with Crippen LogP contribution in [0.15, 0.2) is 42.5 Å². The van der Waals surface area contributed by atoms with E-state index in [4.69, 9.17) is 10.1 Å². The molecule has 1 heterocycles. The summed E-state index contributed by atoms with van der Waals surface area (Å²) in [5.74, 6) is -0.397. The van der Waals surface area contributed by atoms with Crippen LogP contribution < -0.4 is 10.2 Å². The molecule has 1 aromatic heterocycles. The minimum Gasteiger partial charge on any atom is -0.478 e. The van der Waals surface area contributed by atoms with Crippen LogP contribution in [-0.2, 0) is 18.3 Å². The molecule has 0 bridgehead atoms. The van der Waals surface area contributed by atoms with Gasteiger partial charge in [0.05, 0.1) is 17.1 Å². The van der Waals surface area contributed by atoms with Crippen LogP contribution in [0, 0.1) is 11.3 Å². The normalized spacial score (nSPS) is 22.2. The van der Waals surface area contributed by atoms with E-state index < -0.39 is 18.1 Å². The first-order valence-electron chi connectivity index (χ1n) is 13.6. The van der Waals surface area contributed by atoms with Gasteiger partial charge in [-0.1, -0.05) is 39.0 Å². The number of imidazole rings is 1. The van der Waals surface area contributed by atoms with E-state index in [1.165, 1.54) is 18.4 Å². The summed E-state index contributed by atoms with van der Waals surface area (Å²) in [6.07, 6.45) is 4.42. The maximum atomic E-state index is 12.5. The molecule has 0 aliphatic heterocycles. The summed E-state index contributed by atoms with van der Waals surface area (Å²) in [4.78, 5) is 31.1. The molecule has 8 heteroatoms. The van der Waals surface area contributed by atoms with Crippen molar-refractivity contribution in [3.63, 3.8) is 0 Å². The first-order chi connectivity index (χ1) is 18.0. The molecule has 1 saturated carbocycles. The van der Waals surface area contributed by atoms with E-state index in [9.17, 15) is 14.7 Å². The molecule has 38 heavy (non-hydrogen) atoms. The highest BCUT2D eigenvalue weighted by atomic mass is 16.4. The molecule has 2 aliphatic rings. The van der Waals surface area contributed by atoms with Crippen LogP contribution in [0.25, 0.3) is 11.0 Å². The number of aryl methyl sites for hydroxylation is 2. The molecule has 8 nitrogen and oxygen atoms in total. The lowest BCUT2D eigenvalue weighted by atomic mass is 9.71. The smallest absolute Gasteiger partial charge is 0.353 e. The fourth-order valence-electron chi connectivity index (χ4n) is 6.44. The number of nitrogens with one attached hydrogen (secondary N) is 1. The average molecular weight is 519 g/mol. The van der Waals surface area contributed by atoms with Gasteiger partial charge in [-0.05, 0) is 85.3 Å². The zero-order valence-corrected chi connectivity index (χ0v) is 22.6. The van der Waals surface area contributed by atoms with Gasteiger partial charge in [-0.25, -0.2) is 9.78 Å². The Kier molecular flexibility index (Phi) is 6.94. The zero-order chi connectivity index (χ0) is 27.2. The number of aromatic nitrogens is 2. The third kappa shape index (κ3) is 4.89. The van der Waals surface area contributed by atoms with Crippen molar-refractivity contribution < 1.29 is 19.8 Å². The highest BCUT2D eigenvalue weighted by Gasteiger charge is 2.39. The summed E-state index contributed by atoms with van der Waals surface area (Å²) in [6, 6.07) is 14.3. The topological polar surface area (TPSA) is 108 Å². The number of hydrogen-bond donors (Lipinski definition) is 3. The molecule has 2 unspecified atom stereocenters. The van der Waals surface area contributed by atoms with Crippen molar-refractivity contribution in [3.05, 3.63) is 59.2 Å². The number of nitrogens with zero attached hydrogens (tertiary/aromatic N) is 3. The van der Waals surface area contributed by atoms with Crippen molar-refractivity contribution in [2.24, 2.45) is 18.4 Å². The first kappa shape index (κ1) is 26.2. The third-order valence-corrected chi connectivity index (χ3v) is 8.60. The maximum absolute atomic E-state index is 12.5. The van der Waals surface area contributed by atoms with Crippen LogP contribution in [-0.4, -0.2) is 43.9 Å². The van der Waals surface area contributed by atoms with Gasteiger partial charge >= 0.3 is 5.97 Å². The zero-order valence-electron chi connectivity index (χ0n) is 22.6. The number of aliphatic hydroxyl groups is 1. The molecule has 2 aromatic carbocycles. The maximum Gasteiger partial charge on any atom is 0.353 e. The number of rotatable bonds is 6. The number of fused-ring (bicyclic) bond motifs is 2. The molecule has 1 fully saturated rings. The standard InChI is InChI=1S/C30H38N4O4/c1-30(2,3)20-11-13-21(14-12-20)34(29-31-23-7-5-6-8-25(23)33(29)4)24-16-10-18-17-19(9-15-22(18)24)26(35)32-27(36)28(37)38/h5-9,15,17,20-21,24,27,36H,10-14,16H2,1-4H3,(H,32,35)(H,37,38). The Bertz CT molecular complexity index is 1350. The Hall–Kier alpha value is -3.39. The van der Waals surface area contributed by atoms with E-state index >= 15 is 0 Å². The lowest BCUT2D eigenvalue weighted by Gasteiger charge is -2.44. The van der Waals surface area contributed by atoms with E-state index in [1.54, 1.807) is 6.07 Å². The average Bonchev–Trinajstić information content (AvgIpc) is 3.45. The second-order valence-corrected chi connectivity index (χ2v) is 11.9. The van der Waals surface area contributed by atoms with E-state index in [1.807, 2.05) is 24.3 Å². The van der Waals surface area contributed by atoms with Gasteiger partial charge in [0.1, 0.15) is 0 Å². The quantitative estimate of drug-likeness (QED) is 0.405. The summed E-state index contributed by atoms with van der Waals surface area (Å²) < 4.78 is 2.21. The van der Waals surface area contributed by atoms with Crippen LogP contribution in [0.5, 0.6) is 0 Å². The number of aliphatic hydroxyl groups excluding tert-OH is 1. The molecule has 202 valence electrons. The number of carboxylic acids is 1. The largest absolute Gasteiger partial charge is 0.478 e. The second kappa shape index (κ2) is 10.1. The molecule has 0 saturated heterocycles. The Balaban J connectivity index is 1.48. The van der Waals surface area contributed by atoms with Crippen LogP contribution >= 0.6 is 0 Å². The number of anilines is 1. The van der Waals surface area contributed by atoms with E-state index in [0.717, 1.165) is 48.2 Å². The highest BCUT2D eigenvalue weighted by molar-refractivity contribution is 5.96. The summed E-state index contributed by atoms with van der Waals surface area (Å²) in [5.41, 5.74) is 5.02. The summed E-state index contributed by atoms with van der Waals surface area (Å²) >= 11 is 0. The van der Waals surface area contributed by atoms with Crippen LogP contribution in [0.2, 0.25) is 0 Å². The Morgan fingerprint density at radius 3 is 2.45 bits per heavy atom. The van der Waals surface area contributed by atoms with Crippen molar-refractivity contribution in [2.45, 2.75) is 77.6 Å². The number of carboxylic acid groups (broad SMARTS) is 1. The molecule has 5 rings (SSSR count). The summed E-state index contributed by atoms with van der Waals surface area (Å²) in [5, 5.41) is 20.6. The van der Waals surface area contributed by atoms with E-state index in [2.05, 4.69) is 54.7 Å². The monoisotopic (exact) mass is 518 g/mol. The van der Waals surface area contributed by atoms with Gasteiger partial charge in [0.2, 0.25) is 12.2 Å². The van der Waals surface area contributed by atoms with E-state index in [-0.39, 0.29) is 6.04 Å². The minimum atomic E-state index is -1.93. The molecular weight excluding hydrogens is 480 g/mol. The van der Waals surface area contributed by atoms with Gasteiger partial charge in [-0.15, -0.1) is 0 Å². The number of carbonyl (C=O) groups is 2. The van der Waals surface area contributed by atoms with Crippen molar-refractivity contribution in [1.29, 1.82) is 0 Å². The summed E-state index contributed by atoms with van der Waals surface area (Å²) in [7, 11) is 2.09. The Morgan fingerprint density at radius 2 is 1.79 bits per heavy atom. The fraction of sp³-hybridized carbons (Fsp3) is 0.500. The third-order valence-electron chi connectivity index (χ3n) is 8.60. The van der Waals surface area contributed by atoms with Gasteiger partial charge in [0.25, 0.3) is 5.91 Å². The molecule has 1 amide bonds. The van der Waals surface area contributed by atoms with Crippen LogP contribution in [0.3, 0.4) is 0 Å². The Morgan fingerprint density at radius 1 is 1.08 bits per heavy atom. The number of hydrogen-bond acceptors (Lipinski definition) is 5. The second-order valence-electron chi connectivity index (χ2n) is 11.9. The molecular formula is C30H38N4O4. The van der Waals surface area contributed by atoms with Crippen molar-refractivity contribution >= 4 is 28.9 Å². The number of para-hydroxylation sites is 2. The SMILES string of the molecule is Cn1c(N(C2CCC(C(C)(C)C)CC2)C2CCc3cc(C(=O)NC(O)C(=O)O)ccc32)nc2ccccc21. The number of aliphatic carboxylic acids is 1. The Labute approximate surface area is 223 Å². The van der Waals surface area contributed by atoms with Crippen LogP contribution in [0.4, 0.5) is 5.95 Å². The highest BCUT2D eigenvalue weighted by Crippen LogP contribution is 2.45. The summed E-state index contributed by atoms with van der Waals surface area (Å²) in [6.45, 7) is 7.03. The first-order valence-corrected chi connectivity index (χ1v) is 13.6. The molecule has 0 radical (unpaired) electrons. The van der Waals surface area contributed by atoms with Gasteiger partial charge < -0.3 is 25.0 Å². The van der Waals surface area contributed by atoms with Crippen molar-refractivity contribution in [2.75, 3.05) is 4.90 Å². The lowest BCUT2D eigenvalue weighted by molar-refractivity contribution is -0.147. The number of benzene rings is 2. The molecule has 0 spiro atoms. The molecule has 2 aliphatic carbocycles. The number of amides is 1. The predicted octanol–water partition coefficient (Wildman–Crippen LogP) is 4.80. The van der Waals surface area contributed by atoms with Gasteiger partial charge in [0, 0.05) is 18.7 Å². The van der Waals surface area contributed by atoms with Gasteiger partial charge in [-0.3, -0.25) is 4.79 Å². The molecule has 2 atom stereocenters. The molecule has 3 N–H and O–H groups in total. The van der Waals surface area contributed by atoms with Crippen molar-refractivity contribution in [1.82, 2.24) is 14.9 Å². The van der Waals surface area contributed by atoms with E-state index in [0.29, 0.717) is 22.9 Å². The van der Waals surface area contributed by atoms with Crippen molar-refractivity contribution in [3.8, 4) is 0 Å². The fourth-order valence-corrected chi connectivity index (χ4v) is 6.44. The predicted molar refractivity (Wildman–Crippen MR) is 147 cm³/mol. The molecule has 3 aromatic rings. The van der Waals surface area contributed by atoms with Gasteiger partial charge in [-0.2, -0.15) is 0 Å². The van der Waals surface area contributed by atoms with Gasteiger partial charge in [0.15, 0.2) is 0 Å².